The average molecular weight is 1250 g/mol. The summed E-state index contributed by atoms with van der Waals surface area (Å²) in [6.45, 7) is 6.52. The standard InChI is InChI=1S/C55H93N7O25/c1-31(66)59-42-48(74)45(71)37(28-63)84-52(42)81-22-19-78-16-8-7-13-58-51(77)36(25-34-9-11-35(12-10-34)87-55(4,5)6)62(26-40(69)56-14-17-79-20-23-82-53-43(60-32(2)67)49(75)46(72)38(29-64)85-53)27-41(70)57-15-18-80-21-24-83-54-44(61-33(3)68)50(76)47(73)39(30-65)86-54/h9-12,36-39,42-50,52-54,63-65,71-76H,7-8,13-30H2,1-6H3,(H,56,69)(H,57,70)(H,58,77)(H,59,66)(H,60,67)(H,61,68). The van der Waals surface area contributed by atoms with Crippen LogP contribution in [-0.4, -0.2) is 302 Å². The molecule has 3 aliphatic rings. The van der Waals surface area contributed by atoms with Crippen molar-refractivity contribution in [3.63, 3.8) is 0 Å². The highest BCUT2D eigenvalue weighted by Gasteiger charge is 2.48. The fraction of sp³-hybridized carbons (Fsp3) is 0.782. The molecule has 15 N–H and O–H groups in total. The van der Waals surface area contributed by atoms with E-state index in [0.717, 1.165) is 0 Å². The van der Waals surface area contributed by atoms with Gasteiger partial charge in [-0.3, -0.25) is 33.7 Å². The van der Waals surface area contributed by atoms with Gasteiger partial charge in [0.1, 0.15) is 84.4 Å². The number of aliphatic hydroxyl groups excluding tert-OH is 9. The zero-order valence-corrected chi connectivity index (χ0v) is 50.2. The molecule has 0 aliphatic carbocycles. The Kier molecular flexibility index (Phi) is 33.1. The lowest BCUT2D eigenvalue weighted by molar-refractivity contribution is -0.272. The van der Waals surface area contributed by atoms with Crippen LogP contribution in [0.3, 0.4) is 0 Å². The van der Waals surface area contributed by atoms with E-state index in [1.165, 1.54) is 25.7 Å². The van der Waals surface area contributed by atoms with Gasteiger partial charge < -0.3 is 125 Å². The Morgan fingerprint density at radius 3 is 1.24 bits per heavy atom. The van der Waals surface area contributed by atoms with Crippen LogP contribution >= 0.6 is 0 Å². The quantitative estimate of drug-likeness (QED) is 0.0274. The number of ether oxygens (including phenoxy) is 10. The minimum Gasteiger partial charge on any atom is -0.488 e. The number of amides is 6. The molecule has 16 atom stereocenters. The van der Waals surface area contributed by atoms with Gasteiger partial charge in [-0.25, -0.2) is 0 Å². The normalized spacial score (nSPS) is 27.8. The molecule has 3 fully saturated rings. The average Bonchev–Trinajstić information content (AvgIpc) is 1.26. The third-order valence-electron chi connectivity index (χ3n) is 13.6. The lowest BCUT2D eigenvalue weighted by atomic mass is 9.97. The summed E-state index contributed by atoms with van der Waals surface area (Å²) in [5, 5.41) is 107. The van der Waals surface area contributed by atoms with Crippen molar-refractivity contribution in [1.82, 2.24) is 36.8 Å². The number of hydrogen-bond donors (Lipinski definition) is 15. The van der Waals surface area contributed by atoms with Crippen molar-refractivity contribution < 1.29 is 122 Å². The van der Waals surface area contributed by atoms with Gasteiger partial charge >= 0.3 is 0 Å². The zero-order valence-electron chi connectivity index (χ0n) is 50.2. The largest absolute Gasteiger partial charge is 0.488 e. The molecule has 32 heteroatoms. The second kappa shape index (κ2) is 38.6. The Labute approximate surface area is 505 Å². The van der Waals surface area contributed by atoms with Crippen molar-refractivity contribution in [2.75, 3.05) is 112 Å². The van der Waals surface area contributed by atoms with Crippen molar-refractivity contribution >= 4 is 35.4 Å². The molecule has 0 aromatic heterocycles. The molecule has 4 rings (SSSR count). The van der Waals surface area contributed by atoms with Crippen molar-refractivity contribution in [3.05, 3.63) is 29.8 Å². The number of nitrogens with one attached hydrogen (secondary N) is 6. The third kappa shape index (κ3) is 25.8. The summed E-state index contributed by atoms with van der Waals surface area (Å²) >= 11 is 0. The van der Waals surface area contributed by atoms with Crippen LogP contribution in [0.5, 0.6) is 5.75 Å². The Hall–Kier alpha value is -4.92. The van der Waals surface area contributed by atoms with Crippen LogP contribution in [-0.2, 0) is 77.8 Å². The topological polar surface area (TPSA) is 452 Å². The van der Waals surface area contributed by atoms with Crippen LogP contribution in [0.4, 0.5) is 0 Å². The highest BCUT2D eigenvalue weighted by Crippen LogP contribution is 2.26. The maximum absolute atomic E-state index is 14.4. The van der Waals surface area contributed by atoms with Crippen LogP contribution < -0.4 is 36.6 Å². The summed E-state index contributed by atoms with van der Waals surface area (Å²) < 4.78 is 56.7. The van der Waals surface area contributed by atoms with E-state index in [4.69, 9.17) is 47.4 Å². The number of hydrogen-bond acceptors (Lipinski definition) is 26. The summed E-state index contributed by atoms with van der Waals surface area (Å²) in [6.07, 6.45) is -15.2. The van der Waals surface area contributed by atoms with Crippen molar-refractivity contribution in [2.45, 2.75) is 164 Å². The zero-order chi connectivity index (χ0) is 64.2. The summed E-state index contributed by atoms with van der Waals surface area (Å²) in [5.41, 5.74) is 0.162. The van der Waals surface area contributed by atoms with Gasteiger partial charge in [0.25, 0.3) is 0 Å². The van der Waals surface area contributed by atoms with Gasteiger partial charge in [-0.05, 0) is 57.7 Å². The molecular formula is C55H93N7O25. The first-order valence-corrected chi connectivity index (χ1v) is 29.0. The van der Waals surface area contributed by atoms with E-state index in [0.29, 0.717) is 24.2 Å². The van der Waals surface area contributed by atoms with E-state index in [9.17, 15) is 74.7 Å². The van der Waals surface area contributed by atoms with E-state index in [1.807, 2.05) is 20.8 Å². The highest BCUT2D eigenvalue weighted by molar-refractivity contribution is 5.86. The van der Waals surface area contributed by atoms with Gasteiger partial charge in [0.2, 0.25) is 35.4 Å². The molecule has 32 nitrogen and oxygen atoms in total. The van der Waals surface area contributed by atoms with Crippen LogP contribution in [0.2, 0.25) is 0 Å². The van der Waals surface area contributed by atoms with Gasteiger partial charge in [0.15, 0.2) is 18.9 Å². The minimum absolute atomic E-state index is 0.0269. The second-order valence-electron chi connectivity index (χ2n) is 21.9. The van der Waals surface area contributed by atoms with Gasteiger partial charge in [-0.2, -0.15) is 0 Å². The molecule has 87 heavy (non-hydrogen) atoms. The molecule has 1 aromatic rings. The molecule has 3 heterocycles. The smallest absolute Gasteiger partial charge is 0.237 e. The highest BCUT2D eigenvalue weighted by atomic mass is 16.7. The van der Waals surface area contributed by atoms with Crippen molar-refractivity contribution in [1.29, 1.82) is 0 Å². The number of carbonyl (C=O) groups excluding carboxylic acids is 6. The maximum Gasteiger partial charge on any atom is 0.237 e. The molecule has 3 aliphatic heterocycles. The number of rotatable bonds is 38. The minimum atomic E-state index is -1.51. The van der Waals surface area contributed by atoms with Crippen molar-refractivity contribution in [2.24, 2.45) is 0 Å². The van der Waals surface area contributed by atoms with E-state index in [2.05, 4.69) is 31.9 Å². The summed E-state index contributed by atoms with van der Waals surface area (Å²) in [5.74, 6) is -2.64. The summed E-state index contributed by atoms with van der Waals surface area (Å²) in [4.78, 5) is 78.7. The Bertz CT molecular complexity index is 2140. The van der Waals surface area contributed by atoms with Gasteiger partial charge in [-0.1, -0.05) is 12.1 Å². The number of unbranched alkanes of at least 4 members (excludes halogenated alkanes) is 1. The van der Waals surface area contributed by atoms with Crippen LogP contribution in [0.25, 0.3) is 0 Å². The predicted molar refractivity (Wildman–Crippen MR) is 301 cm³/mol. The number of carbonyl (C=O) groups is 6. The van der Waals surface area contributed by atoms with Gasteiger partial charge in [0.05, 0.1) is 91.8 Å². The second-order valence-corrected chi connectivity index (χ2v) is 21.9. The summed E-state index contributed by atoms with van der Waals surface area (Å²) in [6, 6.07) is 2.49. The molecule has 0 spiro atoms. The fourth-order valence-corrected chi connectivity index (χ4v) is 9.41. The molecule has 498 valence electrons. The lowest BCUT2D eigenvalue weighted by Crippen LogP contribution is -2.64. The number of benzene rings is 1. The van der Waals surface area contributed by atoms with Crippen LogP contribution in [0, 0.1) is 0 Å². The Morgan fingerprint density at radius 2 is 0.885 bits per heavy atom. The fourth-order valence-electron chi connectivity index (χ4n) is 9.41. The van der Waals surface area contributed by atoms with Gasteiger partial charge in [0, 0.05) is 47.0 Å². The third-order valence-corrected chi connectivity index (χ3v) is 13.6. The Morgan fingerprint density at radius 1 is 0.506 bits per heavy atom. The summed E-state index contributed by atoms with van der Waals surface area (Å²) in [7, 11) is 0. The monoisotopic (exact) mass is 1250 g/mol. The molecule has 0 bridgehead atoms. The van der Waals surface area contributed by atoms with Gasteiger partial charge in [-0.15, -0.1) is 0 Å². The maximum atomic E-state index is 14.4. The Balaban J connectivity index is 1.39. The molecule has 0 saturated carbocycles. The SMILES string of the molecule is CC(=O)NC1C(OCCOCCCCNC(=O)C(Cc2ccc(OC(C)(C)C)cc2)N(CC(=O)NCCOCCOC2OC(CO)C(O)C(O)C2NC(C)=O)CC(=O)NCCOCCOC2OC(CO)C(O)C(O)C2NC(C)=O)OC(CO)C(O)C1O. The molecule has 0 radical (unpaired) electrons. The van der Waals surface area contributed by atoms with Crippen LogP contribution in [0.15, 0.2) is 24.3 Å². The van der Waals surface area contributed by atoms with E-state index < -0.39 is 172 Å². The first-order valence-electron chi connectivity index (χ1n) is 29.0. The van der Waals surface area contributed by atoms with Crippen molar-refractivity contribution in [3.8, 4) is 5.75 Å². The first kappa shape index (κ1) is 74.5. The van der Waals surface area contributed by atoms with E-state index in [1.54, 1.807) is 24.3 Å². The van der Waals surface area contributed by atoms with Crippen LogP contribution in [0.1, 0.15) is 59.9 Å². The van der Waals surface area contributed by atoms with E-state index in [-0.39, 0.29) is 85.5 Å². The first-order chi connectivity index (χ1) is 41.4. The van der Waals surface area contributed by atoms with E-state index >= 15 is 0 Å². The molecular weight excluding hydrogens is 1160 g/mol. The number of aliphatic hydroxyl groups is 9. The lowest BCUT2D eigenvalue weighted by Gasteiger charge is -2.42. The number of nitrogens with zero attached hydrogens (tertiary/aromatic N) is 1. The molecule has 6 amide bonds. The predicted octanol–water partition coefficient (Wildman–Crippen LogP) is -6.86. The molecule has 1 aromatic carbocycles. The molecule has 16 unspecified atom stereocenters. The molecule has 3 saturated heterocycles.